The van der Waals surface area contributed by atoms with E-state index in [4.69, 9.17) is 6.42 Å². The molecular formula is C11H11N. The smallest absolute Gasteiger partial charge is 0.0625 e. The molecule has 1 atom stereocenters. The number of rotatable bonds is 0. The fraction of sp³-hybridized carbons (Fsp3) is 0.364. The predicted octanol–water partition coefficient (Wildman–Crippen LogP) is 2.13. The summed E-state index contributed by atoms with van der Waals surface area (Å²) in [6.45, 7) is 0. The predicted molar refractivity (Wildman–Crippen MR) is 48.7 cm³/mol. The Bertz CT molecular complexity index is 322. The van der Waals surface area contributed by atoms with Crippen LogP contribution in [-0.2, 0) is 6.42 Å². The first kappa shape index (κ1) is 7.36. The monoisotopic (exact) mass is 157 g/mol. The molecule has 0 N–H and O–H groups in total. The minimum Gasteiger partial charge on any atom is -0.260 e. The normalized spacial score (nSPS) is 21.1. The van der Waals surface area contributed by atoms with Gasteiger partial charge in [-0.25, -0.2) is 0 Å². The molecular weight excluding hydrogens is 146 g/mol. The van der Waals surface area contributed by atoms with Crippen LogP contribution in [0.5, 0.6) is 0 Å². The number of pyridine rings is 1. The number of aromatic nitrogens is 1. The third-order valence-corrected chi connectivity index (χ3v) is 2.40. The maximum Gasteiger partial charge on any atom is 0.0625 e. The third kappa shape index (κ3) is 1.10. The average Bonchev–Trinajstić information content (AvgIpc) is 2.17. The van der Waals surface area contributed by atoms with Gasteiger partial charge in [0.1, 0.15) is 0 Å². The van der Waals surface area contributed by atoms with Gasteiger partial charge < -0.3 is 0 Å². The lowest BCUT2D eigenvalue weighted by Gasteiger charge is -2.19. The van der Waals surface area contributed by atoms with Gasteiger partial charge in [0.05, 0.1) is 11.6 Å². The van der Waals surface area contributed by atoms with Gasteiger partial charge in [0.15, 0.2) is 0 Å². The minimum absolute atomic E-state index is 0.259. The Morgan fingerprint density at radius 2 is 2.50 bits per heavy atom. The molecule has 60 valence electrons. The zero-order valence-corrected chi connectivity index (χ0v) is 6.96. The summed E-state index contributed by atoms with van der Waals surface area (Å²) >= 11 is 0. The number of nitrogens with zero attached hydrogens (tertiary/aromatic N) is 1. The molecule has 2 rings (SSSR count). The Morgan fingerprint density at radius 1 is 1.58 bits per heavy atom. The van der Waals surface area contributed by atoms with Gasteiger partial charge in [-0.2, -0.15) is 0 Å². The molecule has 1 aliphatic rings. The second-order valence-electron chi connectivity index (χ2n) is 3.16. The van der Waals surface area contributed by atoms with E-state index in [0.717, 1.165) is 18.5 Å². The second-order valence-corrected chi connectivity index (χ2v) is 3.16. The SMILES string of the molecule is C#CC1CCCc2cccnc21. The van der Waals surface area contributed by atoms with Crippen LogP contribution in [0.25, 0.3) is 0 Å². The average molecular weight is 157 g/mol. The third-order valence-electron chi connectivity index (χ3n) is 2.40. The second kappa shape index (κ2) is 2.98. The van der Waals surface area contributed by atoms with Gasteiger partial charge in [-0.1, -0.05) is 12.0 Å². The highest BCUT2D eigenvalue weighted by Crippen LogP contribution is 2.28. The van der Waals surface area contributed by atoms with Crippen molar-refractivity contribution in [1.29, 1.82) is 0 Å². The quantitative estimate of drug-likeness (QED) is 0.526. The Morgan fingerprint density at radius 3 is 3.33 bits per heavy atom. The fourth-order valence-corrected chi connectivity index (χ4v) is 1.77. The molecule has 0 amide bonds. The van der Waals surface area contributed by atoms with Crippen molar-refractivity contribution in [3.05, 3.63) is 29.6 Å². The van der Waals surface area contributed by atoms with E-state index in [0.29, 0.717) is 0 Å². The van der Waals surface area contributed by atoms with Crippen LogP contribution >= 0.6 is 0 Å². The lowest BCUT2D eigenvalue weighted by atomic mass is 9.87. The highest BCUT2D eigenvalue weighted by Gasteiger charge is 2.18. The molecule has 0 aliphatic heterocycles. The summed E-state index contributed by atoms with van der Waals surface area (Å²) in [7, 11) is 0. The summed E-state index contributed by atoms with van der Waals surface area (Å²) in [4.78, 5) is 4.33. The Balaban J connectivity index is 2.45. The first-order valence-corrected chi connectivity index (χ1v) is 4.31. The first-order valence-electron chi connectivity index (χ1n) is 4.31. The number of fused-ring (bicyclic) bond motifs is 1. The molecule has 0 saturated heterocycles. The maximum absolute atomic E-state index is 5.43. The molecule has 1 nitrogen and oxygen atoms in total. The number of hydrogen-bond acceptors (Lipinski definition) is 1. The molecule has 0 fully saturated rings. The van der Waals surface area contributed by atoms with Crippen LogP contribution < -0.4 is 0 Å². The summed E-state index contributed by atoms with van der Waals surface area (Å²) in [6.07, 6.45) is 10.7. The van der Waals surface area contributed by atoms with Crippen LogP contribution in [0.4, 0.5) is 0 Å². The first-order chi connectivity index (χ1) is 5.92. The van der Waals surface area contributed by atoms with Gasteiger partial charge in [0.2, 0.25) is 0 Å². The van der Waals surface area contributed by atoms with Crippen LogP contribution in [0, 0.1) is 12.3 Å². The Hall–Kier alpha value is -1.29. The maximum atomic E-state index is 5.43. The van der Waals surface area contributed by atoms with E-state index in [1.54, 1.807) is 0 Å². The summed E-state index contributed by atoms with van der Waals surface area (Å²) in [5.74, 6) is 3.06. The summed E-state index contributed by atoms with van der Waals surface area (Å²) < 4.78 is 0. The van der Waals surface area contributed by atoms with Crippen LogP contribution in [0.1, 0.15) is 30.0 Å². The lowest BCUT2D eigenvalue weighted by molar-refractivity contribution is 0.624. The van der Waals surface area contributed by atoms with Crippen molar-refractivity contribution in [2.75, 3.05) is 0 Å². The molecule has 0 aromatic carbocycles. The van der Waals surface area contributed by atoms with Crippen molar-refractivity contribution >= 4 is 0 Å². The van der Waals surface area contributed by atoms with Crippen molar-refractivity contribution in [2.24, 2.45) is 0 Å². The minimum atomic E-state index is 0.259. The van der Waals surface area contributed by atoms with Crippen LogP contribution in [0.2, 0.25) is 0 Å². The van der Waals surface area contributed by atoms with E-state index in [2.05, 4.69) is 17.0 Å². The zero-order valence-electron chi connectivity index (χ0n) is 6.96. The highest BCUT2D eigenvalue weighted by molar-refractivity contribution is 5.30. The largest absolute Gasteiger partial charge is 0.260 e. The highest BCUT2D eigenvalue weighted by atomic mass is 14.7. The molecule has 0 saturated carbocycles. The fourth-order valence-electron chi connectivity index (χ4n) is 1.77. The number of aryl methyl sites for hydroxylation is 1. The van der Waals surface area contributed by atoms with Gasteiger partial charge in [0.25, 0.3) is 0 Å². The van der Waals surface area contributed by atoms with Crippen LogP contribution in [0.3, 0.4) is 0 Å². The molecule has 1 aromatic heterocycles. The molecule has 1 aliphatic carbocycles. The van der Waals surface area contributed by atoms with Crippen molar-refractivity contribution in [2.45, 2.75) is 25.2 Å². The van der Waals surface area contributed by atoms with E-state index in [1.807, 2.05) is 12.3 Å². The summed E-state index contributed by atoms with van der Waals surface area (Å²) in [5.41, 5.74) is 2.47. The Labute approximate surface area is 72.8 Å². The van der Waals surface area contributed by atoms with E-state index in [1.165, 1.54) is 12.0 Å². The van der Waals surface area contributed by atoms with Gasteiger partial charge in [-0.15, -0.1) is 6.42 Å². The van der Waals surface area contributed by atoms with Crippen molar-refractivity contribution in [3.63, 3.8) is 0 Å². The van der Waals surface area contributed by atoms with E-state index < -0.39 is 0 Å². The van der Waals surface area contributed by atoms with Gasteiger partial charge in [-0.3, -0.25) is 4.98 Å². The van der Waals surface area contributed by atoms with Crippen LogP contribution in [-0.4, -0.2) is 4.98 Å². The topological polar surface area (TPSA) is 12.9 Å². The number of hydrogen-bond donors (Lipinski definition) is 0. The van der Waals surface area contributed by atoms with Gasteiger partial charge in [0, 0.05) is 6.20 Å². The van der Waals surface area contributed by atoms with E-state index in [9.17, 15) is 0 Å². The van der Waals surface area contributed by atoms with E-state index in [-0.39, 0.29) is 5.92 Å². The van der Waals surface area contributed by atoms with Crippen molar-refractivity contribution in [3.8, 4) is 12.3 Å². The Kier molecular flexibility index (Phi) is 1.83. The van der Waals surface area contributed by atoms with Gasteiger partial charge >= 0.3 is 0 Å². The van der Waals surface area contributed by atoms with Crippen LogP contribution in [0.15, 0.2) is 18.3 Å². The van der Waals surface area contributed by atoms with E-state index >= 15 is 0 Å². The zero-order chi connectivity index (χ0) is 8.39. The summed E-state index contributed by atoms with van der Waals surface area (Å²) in [6, 6.07) is 4.11. The molecule has 1 aromatic rings. The molecule has 1 heterocycles. The van der Waals surface area contributed by atoms with Crippen molar-refractivity contribution in [1.82, 2.24) is 4.98 Å². The molecule has 0 radical (unpaired) electrons. The summed E-state index contributed by atoms with van der Waals surface area (Å²) in [5, 5.41) is 0. The molecule has 1 unspecified atom stereocenters. The molecule has 0 bridgehead atoms. The van der Waals surface area contributed by atoms with Crippen molar-refractivity contribution < 1.29 is 0 Å². The van der Waals surface area contributed by atoms with Gasteiger partial charge in [-0.05, 0) is 30.9 Å². The molecule has 0 spiro atoms. The number of terminal acetylenes is 1. The molecule has 12 heavy (non-hydrogen) atoms. The lowest BCUT2D eigenvalue weighted by Crippen LogP contribution is -2.09. The standard InChI is InChI=1S/C11H11N/c1-2-9-5-3-6-10-7-4-8-12-11(9)10/h1,4,7-9H,3,5-6H2. The molecule has 1 heteroatoms.